The predicted molar refractivity (Wildman–Crippen MR) is 53.4 cm³/mol. The Morgan fingerprint density at radius 3 is 2.43 bits per heavy atom. The zero-order chi connectivity index (χ0) is 10.8. The van der Waals surface area contributed by atoms with Crippen LogP contribution in [-0.4, -0.2) is 11.6 Å². The van der Waals surface area contributed by atoms with E-state index in [9.17, 15) is 4.79 Å². The molecule has 0 saturated heterocycles. The van der Waals surface area contributed by atoms with E-state index in [4.69, 9.17) is 9.78 Å². The van der Waals surface area contributed by atoms with Gasteiger partial charge in [-0.3, -0.25) is 4.89 Å². The van der Waals surface area contributed by atoms with Gasteiger partial charge in [-0.1, -0.05) is 6.92 Å². The van der Waals surface area contributed by atoms with E-state index in [2.05, 4.69) is 6.92 Å². The minimum atomic E-state index is -0.418. The van der Waals surface area contributed by atoms with Gasteiger partial charge in [0.25, 0.3) is 0 Å². The van der Waals surface area contributed by atoms with Crippen molar-refractivity contribution in [2.24, 2.45) is 11.8 Å². The van der Waals surface area contributed by atoms with Gasteiger partial charge in [-0.2, -0.15) is 4.89 Å². The fourth-order valence-electron chi connectivity index (χ4n) is 1.30. The van der Waals surface area contributed by atoms with Crippen LogP contribution in [0.25, 0.3) is 0 Å². The first kappa shape index (κ1) is 11.5. The SMILES string of the molecule is CC(CC(=O)OOC(C)(C)C)C1CC1. The lowest BCUT2D eigenvalue weighted by Gasteiger charge is -2.17. The third-order valence-electron chi connectivity index (χ3n) is 2.30. The van der Waals surface area contributed by atoms with Crippen molar-refractivity contribution in [1.82, 2.24) is 0 Å². The van der Waals surface area contributed by atoms with Gasteiger partial charge in [0, 0.05) is 0 Å². The summed E-state index contributed by atoms with van der Waals surface area (Å²) in [5.41, 5.74) is -0.418. The highest BCUT2D eigenvalue weighted by atomic mass is 17.2. The maximum Gasteiger partial charge on any atom is 0.342 e. The molecule has 0 aromatic heterocycles. The molecule has 1 atom stereocenters. The Kier molecular flexibility index (Phi) is 3.53. The zero-order valence-electron chi connectivity index (χ0n) is 9.50. The molecule has 0 aromatic carbocycles. The molecule has 1 aliphatic rings. The van der Waals surface area contributed by atoms with Crippen LogP contribution < -0.4 is 0 Å². The Balaban J connectivity index is 2.15. The predicted octanol–water partition coefficient (Wildman–Crippen LogP) is 2.70. The summed E-state index contributed by atoms with van der Waals surface area (Å²) in [5.74, 6) is 0.919. The lowest BCUT2D eigenvalue weighted by Crippen LogP contribution is -2.22. The van der Waals surface area contributed by atoms with Crippen LogP contribution in [-0.2, 0) is 14.6 Å². The lowest BCUT2D eigenvalue weighted by atomic mass is 10.0. The number of hydrogen-bond acceptors (Lipinski definition) is 3. The van der Waals surface area contributed by atoms with Gasteiger partial charge < -0.3 is 0 Å². The van der Waals surface area contributed by atoms with Crippen LogP contribution in [0.5, 0.6) is 0 Å². The molecular formula is C11H20O3. The van der Waals surface area contributed by atoms with Crippen molar-refractivity contribution in [1.29, 1.82) is 0 Å². The van der Waals surface area contributed by atoms with Crippen molar-refractivity contribution in [3.8, 4) is 0 Å². The van der Waals surface area contributed by atoms with Crippen LogP contribution in [0, 0.1) is 11.8 Å². The topological polar surface area (TPSA) is 35.5 Å². The molecule has 0 spiro atoms. The van der Waals surface area contributed by atoms with Gasteiger partial charge in [0.15, 0.2) is 0 Å². The largest absolute Gasteiger partial charge is 0.342 e. The van der Waals surface area contributed by atoms with E-state index in [1.165, 1.54) is 12.8 Å². The van der Waals surface area contributed by atoms with Crippen molar-refractivity contribution >= 4 is 5.97 Å². The molecule has 0 aromatic rings. The molecule has 1 fully saturated rings. The van der Waals surface area contributed by atoms with E-state index in [0.29, 0.717) is 12.3 Å². The van der Waals surface area contributed by atoms with Crippen LogP contribution in [0.15, 0.2) is 0 Å². The van der Waals surface area contributed by atoms with Gasteiger partial charge in [0.1, 0.15) is 5.60 Å². The standard InChI is InChI=1S/C11H20O3/c1-8(9-5-6-9)7-10(12)13-14-11(2,3)4/h8-9H,5-7H2,1-4H3. The van der Waals surface area contributed by atoms with Crippen LogP contribution in [0.4, 0.5) is 0 Å². The number of rotatable bonds is 4. The van der Waals surface area contributed by atoms with Crippen molar-refractivity contribution in [2.45, 2.75) is 52.6 Å². The Bertz CT molecular complexity index is 201. The number of carbonyl (C=O) groups excluding carboxylic acids is 1. The maximum atomic E-state index is 11.3. The Hall–Kier alpha value is -0.570. The van der Waals surface area contributed by atoms with Crippen LogP contribution in [0.3, 0.4) is 0 Å². The van der Waals surface area contributed by atoms with E-state index >= 15 is 0 Å². The summed E-state index contributed by atoms with van der Waals surface area (Å²) in [4.78, 5) is 20.9. The minimum absolute atomic E-state index is 0.251. The second-order valence-corrected chi connectivity index (χ2v) is 5.17. The molecule has 1 aliphatic carbocycles. The van der Waals surface area contributed by atoms with Gasteiger partial charge in [-0.15, -0.1) is 0 Å². The number of carbonyl (C=O) groups is 1. The molecule has 1 unspecified atom stereocenters. The van der Waals surface area contributed by atoms with Gasteiger partial charge in [-0.05, 0) is 45.4 Å². The summed E-state index contributed by atoms with van der Waals surface area (Å²) in [7, 11) is 0. The average molecular weight is 200 g/mol. The second-order valence-electron chi connectivity index (χ2n) is 5.17. The molecule has 0 heterocycles. The van der Waals surface area contributed by atoms with Crippen molar-refractivity contribution < 1.29 is 14.6 Å². The molecule has 0 amide bonds. The molecule has 3 nitrogen and oxygen atoms in total. The average Bonchev–Trinajstić information content (AvgIpc) is 2.81. The molecule has 3 heteroatoms. The minimum Gasteiger partial charge on any atom is -0.298 e. The summed E-state index contributed by atoms with van der Waals surface area (Å²) in [6.45, 7) is 7.65. The van der Waals surface area contributed by atoms with Gasteiger partial charge >= 0.3 is 5.97 Å². The highest BCUT2D eigenvalue weighted by Gasteiger charge is 2.30. The Morgan fingerprint density at radius 1 is 1.43 bits per heavy atom. The molecule has 1 rings (SSSR count). The zero-order valence-corrected chi connectivity index (χ0v) is 9.50. The monoisotopic (exact) mass is 200 g/mol. The second kappa shape index (κ2) is 4.30. The van der Waals surface area contributed by atoms with Gasteiger partial charge in [0.2, 0.25) is 0 Å². The lowest BCUT2D eigenvalue weighted by molar-refractivity contribution is -0.321. The molecule has 0 N–H and O–H groups in total. The molecule has 14 heavy (non-hydrogen) atoms. The Labute approximate surface area is 85.7 Å². The molecule has 0 bridgehead atoms. The van der Waals surface area contributed by atoms with E-state index in [-0.39, 0.29) is 5.97 Å². The first-order valence-corrected chi connectivity index (χ1v) is 5.27. The van der Waals surface area contributed by atoms with Gasteiger partial charge in [-0.25, -0.2) is 4.79 Å². The van der Waals surface area contributed by atoms with E-state index in [1.54, 1.807) is 0 Å². The third-order valence-corrected chi connectivity index (χ3v) is 2.30. The first-order valence-electron chi connectivity index (χ1n) is 5.27. The third kappa shape index (κ3) is 4.61. The molecule has 0 aliphatic heterocycles. The van der Waals surface area contributed by atoms with Gasteiger partial charge in [0.05, 0.1) is 6.42 Å². The summed E-state index contributed by atoms with van der Waals surface area (Å²) in [6, 6.07) is 0. The number of hydrogen-bond donors (Lipinski definition) is 0. The molecule has 1 saturated carbocycles. The Morgan fingerprint density at radius 2 is 2.00 bits per heavy atom. The fraction of sp³-hybridized carbons (Fsp3) is 0.909. The molecule has 82 valence electrons. The molecule has 0 radical (unpaired) electrons. The fourth-order valence-corrected chi connectivity index (χ4v) is 1.30. The summed E-state index contributed by atoms with van der Waals surface area (Å²) >= 11 is 0. The summed E-state index contributed by atoms with van der Waals surface area (Å²) in [6.07, 6.45) is 2.99. The highest BCUT2D eigenvalue weighted by Crippen LogP contribution is 2.38. The van der Waals surface area contributed by atoms with Crippen molar-refractivity contribution in [3.63, 3.8) is 0 Å². The summed E-state index contributed by atoms with van der Waals surface area (Å²) < 4.78 is 0. The smallest absolute Gasteiger partial charge is 0.298 e. The van der Waals surface area contributed by atoms with E-state index in [1.807, 2.05) is 20.8 Å². The van der Waals surface area contributed by atoms with Crippen molar-refractivity contribution in [3.05, 3.63) is 0 Å². The van der Waals surface area contributed by atoms with Crippen LogP contribution >= 0.6 is 0 Å². The van der Waals surface area contributed by atoms with E-state index < -0.39 is 5.60 Å². The summed E-state index contributed by atoms with van der Waals surface area (Å²) in [5, 5.41) is 0. The van der Waals surface area contributed by atoms with Crippen LogP contribution in [0.2, 0.25) is 0 Å². The molecular weight excluding hydrogens is 180 g/mol. The van der Waals surface area contributed by atoms with E-state index in [0.717, 1.165) is 5.92 Å². The first-order chi connectivity index (χ1) is 6.38. The normalized spacial score (nSPS) is 19.1. The van der Waals surface area contributed by atoms with Crippen molar-refractivity contribution in [2.75, 3.05) is 0 Å². The quantitative estimate of drug-likeness (QED) is 0.517. The highest BCUT2D eigenvalue weighted by molar-refractivity contribution is 5.69. The maximum absolute atomic E-state index is 11.3. The van der Waals surface area contributed by atoms with Crippen LogP contribution in [0.1, 0.15) is 47.0 Å².